The molecule has 0 bridgehead atoms. The second-order valence-electron chi connectivity index (χ2n) is 2.46. The van der Waals surface area contributed by atoms with Crippen molar-refractivity contribution in [2.24, 2.45) is 9.98 Å². The van der Waals surface area contributed by atoms with Gasteiger partial charge in [-0.2, -0.15) is 0 Å². The number of ether oxygens (including phenoxy) is 2. The third-order valence-electron chi connectivity index (χ3n) is 1.50. The summed E-state index contributed by atoms with van der Waals surface area (Å²) in [4.78, 5) is 7.99. The van der Waals surface area contributed by atoms with Crippen LogP contribution in [0.3, 0.4) is 0 Å². The first kappa shape index (κ1) is 8.50. The van der Waals surface area contributed by atoms with E-state index in [0.29, 0.717) is 11.7 Å². The Balaban J connectivity index is 2.22. The molecule has 2 aliphatic rings. The molecular weight excluding hydrogens is 180 g/mol. The molecule has 4 heteroatoms. The standard InChI is InChI=1S/C10H8N2O2/c1-2-6-14-10(12-5-1)9-8-11-4-3-7-13-9/h1-8H. The van der Waals surface area contributed by atoms with Gasteiger partial charge in [0.15, 0.2) is 0 Å². The fraction of sp³-hybridized carbons (Fsp3) is 0. The van der Waals surface area contributed by atoms with Gasteiger partial charge in [0.1, 0.15) is 0 Å². The first-order valence-corrected chi connectivity index (χ1v) is 4.08. The van der Waals surface area contributed by atoms with Crippen LogP contribution in [0.1, 0.15) is 0 Å². The van der Waals surface area contributed by atoms with Gasteiger partial charge in [-0.3, -0.25) is 4.99 Å². The molecule has 0 N–H and O–H groups in total. The highest BCUT2D eigenvalue weighted by molar-refractivity contribution is 5.93. The van der Waals surface area contributed by atoms with E-state index in [1.807, 2.05) is 0 Å². The summed E-state index contributed by atoms with van der Waals surface area (Å²) in [7, 11) is 0. The van der Waals surface area contributed by atoms with Crippen LogP contribution >= 0.6 is 0 Å². The van der Waals surface area contributed by atoms with Crippen LogP contribution in [0, 0.1) is 0 Å². The van der Waals surface area contributed by atoms with E-state index in [1.54, 1.807) is 36.8 Å². The van der Waals surface area contributed by atoms with Gasteiger partial charge in [0.25, 0.3) is 5.90 Å². The van der Waals surface area contributed by atoms with E-state index < -0.39 is 0 Å². The van der Waals surface area contributed by atoms with Crippen molar-refractivity contribution >= 4 is 12.1 Å². The van der Waals surface area contributed by atoms with Crippen LogP contribution in [-0.4, -0.2) is 12.1 Å². The molecule has 0 saturated heterocycles. The Morgan fingerprint density at radius 1 is 1.00 bits per heavy atom. The number of aliphatic imine (C=N–C) groups is 2. The highest BCUT2D eigenvalue weighted by atomic mass is 16.5. The number of nitrogens with zero attached hydrogens (tertiary/aromatic N) is 2. The average molecular weight is 188 g/mol. The van der Waals surface area contributed by atoms with Crippen molar-refractivity contribution in [2.45, 2.75) is 0 Å². The van der Waals surface area contributed by atoms with Crippen LogP contribution in [0.5, 0.6) is 0 Å². The number of hydrogen-bond donors (Lipinski definition) is 0. The second kappa shape index (κ2) is 4.23. The number of rotatable bonds is 1. The topological polar surface area (TPSA) is 43.2 Å². The van der Waals surface area contributed by atoms with E-state index in [0.717, 1.165) is 0 Å². The molecule has 2 aliphatic heterocycles. The summed E-state index contributed by atoms with van der Waals surface area (Å²) in [5.41, 5.74) is 0. The normalized spacial score (nSPS) is 18.9. The zero-order chi connectivity index (χ0) is 9.64. The van der Waals surface area contributed by atoms with Gasteiger partial charge in [0.05, 0.1) is 18.7 Å². The summed E-state index contributed by atoms with van der Waals surface area (Å²) in [6.45, 7) is 0. The number of hydrogen-bond acceptors (Lipinski definition) is 4. The Hall–Kier alpha value is -2.10. The van der Waals surface area contributed by atoms with Crippen molar-refractivity contribution in [1.82, 2.24) is 0 Å². The molecule has 0 aromatic carbocycles. The molecule has 0 saturated carbocycles. The molecule has 0 aromatic heterocycles. The van der Waals surface area contributed by atoms with E-state index in [2.05, 4.69) is 9.98 Å². The lowest BCUT2D eigenvalue weighted by atomic mass is 10.5. The van der Waals surface area contributed by atoms with Gasteiger partial charge >= 0.3 is 0 Å². The lowest BCUT2D eigenvalue weighted by Crippen LogP contribution is -2.05. The quantitative estimate of drug-likeness (QED) is 0.630. The van der Waals surface area contributed by atoms with Gasteiger partial charge in [0.2, 0.25) is 5.76 Å². The zero-order valence-electron chi connectivity index (χ0n) is 7.33. The van der Waals surface area contributed by atoms with E-state index >= 15 is 0 Å². The predicted octanol–water partition coefficient (Wildman–Crippen LogP) is 1.90. The van der Waals surface area contributed by atoms with E-state index in [4.69, 9.17) is 9.47 Å². The van der Waals surface area contributed by atoms with E-state index in [-0.39, 0.29) is 0 Å². The van der Waals surface area contributed by atoms with Crippen molar-refractivity contribution in [3.63, 3.8) is 0 Å². The Morgan fingerprint density at radius 3 is 2.93 bits per heavy atom. The number of allylic oxidation sites excluding steroid dienone is 3. The average Bonchev–Trinajstić information content (AvgIpc) is 2.62. The maximum absolute atomic E-state index is 5.23. The van der Waals surface area contributed by atoms with Gasteiger partial charge in [0, 0.05) is 12.4 Å². The summed E-state index contributed by atoms with van der Waals surface area (Å²) in [5, 5.41) is 0. The Kier molecular flexibility index (Phi) is 2.56. The van der Waals surface area contributed by atoms with E-state index in [1.165, 1.54) is 12.5 Å². The van der Waals surface area contributed by atoms with Crippen molar-refractivity contribution < 1.29 is 9.47 Å². The van der Waals surface area contributed by atoms with Crippen molar-refractivity contribution in [2.75, 3.05) is 0 Å². The molecule has 2 rings (SSSR count). The minimum absolute atomic E-state index is 0.388. The smallest absolute Gasteiger partial charge is 0.264 e. The summed E-state index contributed by atoms with van der Waals surface area (Å²) in [5.74, 6) is 0.866. The van der Waals surface area contributed by atoms with Crippen LogP contribution in [0.2, 0.25) is 0 Å². The third-order valence-corrected chi connectivity index (χ3v) is 1.50. The highest BCUT2D eigenvalue weighted by Crippen LogP contribution is 2.08. The zero-order valence-corrected chi connectivity index (χ0v) is 7.33. The van der Waals surface area contributed by atoms with Crippen LogP contribution in [0.4, 0.5) is 0 Å². The van der Waals surface area contributed by atoms with Crippen LogP contribution in [0.25, 0.3) is 0 Å². The molecule has 4 nitrogen and oxygen atoms in total. The van der Waals surface area contributed by atoms with Gasteiger partial charge < -0.3 is 9.47 Å². The molecule has 0 amide bonds. The molecule has 14 heavy (non-hydrogen) atoms. The van der Waals surface area contributed by atoms with Crippen molar-refractivity contribution in [1.29, 1.82) is 0 Å². The minimum Gasteiger partial charge on any atom is -0.458 e. The molecule has 0 atom stereocenters. The first-order chi connectivity index (χ1) is 6.97. The molecule has 70 valence electrons. The third kappa shape index (κ3) is 1.98. The summed E-state index contributed by atoms with van der Waals surface area (Å²) < 4.78 is 10.4. The second-order valence-corrected chi connectivity index (χ2v) is 2.46. The fourth-order valence-electron chi connectivity index (χ4n) is 0.906. The maximum atomic E-state index is 5.23. The van der Waals surface area contributed by atoms with Gasteiger partial charge in [-0.15, -0.1) is 0 Å². The summed E-state index contributed by atoms with van der Waals surface area (Å²) >= 11 is 0. The van der Waals surface area contributed by atoms with Crippen LogP contribution in [-0.2, 0) is 9.47 Å². The molecule has 0 unspecified atom stereocenters. The first-order valence-electron chi connectivity index (χ1n) is 4.08. The molecule has 0 spiro atoms. The van der Waals surface area contributed by atoms with E-state index in [9.17, 15) is 0 Å². The predicted molar refractivity (Wildman–Crippen MR) is 53.6 cm³/mol. The van der Waals surface area contributed by atoms with Gasteiger partial charge in [-0.25, -0.2) is 4.99 Å². The SMILES string of the molecule is C1=CN=C(C2=CN=CC=CO2)OC=C1. The maximum Gasteiger partial charge on any atom is 0.264 e. The Labute approximate surface area is 81.3 Å². The molecule has 0 radical (unpaired) electrons. The summed E-state index contributed by atoms with van der Waals surface area (Å²) in [6.07, 6.45) is 13.0. The molecular formula is C10H8N2O2. The monoisotopic (exact) mass is 188 g/mol. The molecule has 2 heterocycles. The summed E-state index contributed by atoms with van der Waals surface area (Å²) in [6, 6.07) is 0. The highest BCUT2D eigenvalue weighted by Gasteiger charge is 2.09. The Bertz CT molecular complexity index is 349. The Morgan fingerprint density at radius 2 is 1.93 bits per heavy atom. The lowest BCUT2D eigenvalue weighted by Gasteiger charge is -2.05. The fourth-order valence-corrected chi connectivity index (χ4v) is 0.906. The largest absolute Gasteiger partial charge is 0.458 e. The van der Waals surface area contributed by atoms with Gasteiger partial charge in [-0.1, -0.05) is 0 Å². The molecule has 0 aromatic rings. The van der Waals surface area contributed by atoms with Crippen molar-refractivity contribution in [3.05, 3.63) is 48.9 Å². The van der Waals surface area contributed by atoms with Crippen LogP contribution < -0.4 is 0 Å². The molecule has 0 fully saturated rings. The van der Waals surface area contributed by atoms with Crippen molar-refractivity contribution in [3.8, 4) is 0 Å². The lowest BCUT2D eigenvalue weighted by molar-refractivity contribution is 0.346. The van der Waals surface area contributed by atoms with Gasteiger partial charge in [-0.05, 0) is 18.2 Å². The minimum atomic E-state index is 0.388. The molecule has 0 aliphatic carbocycles. The van der Waals surface area contributed by atoms with Crippen LogP contribution in [0.15, 0.2) is 58.9 Å².